The van der Waals surface area contributed by atoms with Gasteiger partial charge < -0.3 is 10.4 Å². The highest BCUT2D eigenvalue weighted by atomic mass is 32.2. The summed E-state index contributed by atoms with van der Waals surface area (Å²) >= 11 is -0.117. The first-order valence-corrected chi connectivity index (χ1v) is 6.08. The van der Waals surface area contributed by atoms with E-state index in [0.717, 1.165) is 0 Å². The van der Waals surface area contributed by atoms with E-state index in [1.165, 1.54) is 0 Å². The van der Waals surface area contributed by atoms with Crippen LogP contribution in [0.2, 0.25) is 0 Å². The van der Waals surface area contributed by atoms with Crippen LogP contribution < -0.4 is 5.32 Å². The van der Waals surface area contributed by atoms with Crippen molar-refractivity contribution in [2.75, 3.05) is 12.3 Å². The van der Waals surface area contributed by atoms with Gasteiger partial charge in [-0.1, -0.05) is 0 Å². The van der Waals surface area contributed by atoms with Crippen molar-refractivity contribution in [1.82, 2.24) is 5.32 Å². The number of carbonyl (C=O) groups is 1. The van der Waals surface area contributed by atoms with E-state index >= 15 is 0 Å². The molecule has 0 aromatic carbocycles. The van der Waals surface area contributed by atoms with Crippen molar-refractivity contribution in [3.8, 4) is 0 Å². The third-order valence-electron chi connectivity index (χ3n) is 3.03. The highest BCUT2D eigenvalue weighted by Gasteiger charge is 2.43. The van der Waals surface area contributed by atoms with E-state index in [1.807, 2.05) is 0 Å². The molecule has 0 atom stereocenters. The maximum absolute atomic E-state index is 11.9. The molecule has 0 saturated heterocycles. The predicted octanol–water partition coefficient (Wildman–Crippen LogP) is 2.72. The van der Waals surface area contributed by atoms with Gasteiger partial charge in [-0.2, -0.15) is 13.2 Å². The number of alkyl halides is 3. The topological polar surface area (TPSA) is 49.3 Å². The lowest BCUT2D eigenvalue weighted by molar-refractivity contribution is -0.151. The second-order valence-corrected chi connectivity index (χ2v) is 5.94. The molecule has 0 fully saturated rings. The van der Waals surface area contributed by atoms with E-state index in [2.05, 4.69) is 5.32 Å². The lowest BCUT2D eigenvalue weighted by Crippen LogP contribution is -2.55. The summed E-state index contributed by atoms with van der Waals surface area (Å²) in [5, 5.41) is 11.9. The van der Waals surface area contributed by atoms with Gasteiger partial charge >= 0.3 is 11.5 Å². The van der Waals surface area contributed by atoms with Gasteiger partial charge in [0.2, 0.25) is 0 Å². The summed E-state index contributed by atoms with van der Waals surface area (Å²) in [7, 11) is 0. The lowest BCUT2D eigenvalue weighted by Gasteiger charge is -2.39. The molecule has 0 aliphatic carbocycles. The van der Waals surface area contributed by atoms with Gasteiger partial charge in [-0.25, -0.2) is 0 Å². The van der Waals surface area contributed by atoms with Crippen molar-refractivity contribution < 1.29 is 23.1 Å². The number of nitrogens with one attached hydrogen (secondary N) is 1. The van der Waals surface area contributed by atoms with E-state index in [1.54, 1.807) is 27.7 Å². The first kappa shape index (κ1) is 16.6. The maximum atomic E-state index is 11.9. The fourth-order valence-corrected chi connectivity index (χ4v) is 1.45. The molecule has 0 unspecified atom stereocenters. The van der Waals surface area contributed by atoms with Crippen LogP contribution in [0.25, 0.3) is 0 Å². The number of hydrogen-bond acceptors (Lipinski definition) is 3. The monoisotopic (exact) mass is 273 g/mol. The van der Waals surface area contributed by atoms with Crippen LogP contribution in [-0.2, 0) is 4.79 Å². The van der Waals surface area contributed by atoms with Gasteiger partial charge in [0, 0.05) is 17.8 Å². The molecule has 0 saturated carbocycles. The van der Waals surface area contributed by atoms with Crippen LogP contribution >= 0.6 is 11.8 Å². The molecule has 0 amide bonds. The van der Waals surface area contributed by atoms with E-state index in [-0.39, 0.29) is 24.1 Å². The average Bonchev–Trinajstić information content (AvgIpc) is 2.10. The zero-order valence-electron chi connectivity index (χ0n) is 10.3. The lowest BCUT2D eigenvalue weighted by atomic mass is 9.74. The third-order valence-corrected chi connectivity index (χ3v) is 3.77. The Bertz CT molecular complexity index is 277. The van der Waals surface area contributed by atoms with E-state index in [0.29, 0.717) is 0 Å². The number of carboxylic acid groups (broad SMARTS) is 1. The summed E-state index contributed by atoms with van der Waals surface area (Å²) in [5.74, 6) is -1.12. The number of carboxylic acids is 1. The Morgan fingerprint density at radius 1 is 1.24 bits per heavy atom. The summed E-state index contributed by atoms with van der Waals surface area (Å²) < 4.78 is 35.6. The number of hydrogen-bond donors (Lipinski definition) is 2. The molecule has 7 heteroatoms. The van der Waals surface area contributed by atoms with Crippen molar-refractivity contribution in [3.63, 3.8) is 0 Å². The average molecular weight is 273 g/mol. The van der Waals surface area contributed by atoms with Crippen LogP contribution in [0.15, 0.2) is 0 Å². The first-order valence-electron chi connectivity index (χ1n) is 5.09. The van der Waals surface area contributed by atoms with E-state index in [4.69, 9.17) is 5.11 Å². The summed E-state index contributed by atoms with van der Waals surface area (Å²) in [4.78, 5) is 11.0. The van der Waals surface area contributed by atoms with Crippen LogP contribution in [0.3, 0.4) is 0 Å². The van der Waals surface area contributed by atoms with Crippen molar-refractivity contribution in [3.05, 3.63) is 0 Å². The summed E-state index contributed by atoms with van der Waals surface area (Å²) in [6.45, 7) is 6.52. The molecule has 0 aromatic heterocycles. The Morgan fingerprint density at radius 3 is 2.06 bits per heavy atom. The minimum absolute atomic E-state index is 0.105. The molecule has 0 aliphatic heterocycles. The summed E-state index contributed by atoms with van der Waals surface area (Å²) in [6.07, 6.45) is 0. The second kappa shape index (κ2) is 5.48. The normalized spacial score (nSPS) is 13.8. The van der Waals surface area contributed by atoms with E-state index < -0.39 is 22.4 Å². The van der Waals surface area contributed by atoms with Gasteiger partial charge in [0.1, 0.15) is 0 Å². The molecule has 0 aliphatic rings. The molecule has 102 valence electrons. The van der Waals surface area contributed by atoms with Crippen LogP contribution in [-0.4, -0.2) is 34.4 Å². The SMILES string of the molecule is CC(C)(NCCSC(F)(F)F)C(C)(C)C(=O)O. The van der Waals surface area contributed by atoms with Gasteiger partial charge in [-0.3, -0.25) is 4.79 Å². The van der Waals surface area contributed by atoms with Gasteiger partial charge in [0.25, 0.3) is 0 Å². The Labute approximate surface area is 103 Å². The molecule has 3 nitrogen and oxygen atoms in total. The number of thioether (sulfide) groups is 1. The fourth-order valence-electron chi connectivity index (χ4n) is 1.02. The first-order chi connectivity index (χ1) is 7.40. The summed E-state index contributed by atoms with van der Waals surface area (Å²) in [6, 6.07) is 0. The number of halogens is 3. The van der Waals surface area contributed by atoms with Crippen LogP contribution in [0.4, 0.5) is 13.2 Å². The van der Waals surface area contributed by atoms with Crippen molar-refractivity contribution >= 4 is 17.7 Å². The Hall–Kier alpha value is -0.430. The van der Waals surface area contributed by atoms with Gasteiger partial charge in [-0.15, -0.1) is 0 Å². The minimum Gasteiger partial charge on any atom is -0.481 e. The standard InChI is InChI=1S/C10H18F3NO2S/c1-8(2,7(15)16)9(3,4)14-5-6-17-10(11,12)13/h14H,5-6H2,1-4H3,(H,15,16). The minimum atomic E-state index is -4.24. The highest BCUT2D eigenvalue weighted by molar-refractivity contribution is 8.00. The molecule has 0 heterocycles. The summed E-state index contributed by atoms with van der Waals surface area (Å²) in [5.41, 5.74) is -6.09. The molecule has 0 spiro atoms. The van der Waals surface area contributed by atoms with Gasteiger partial charge in [0.15, 0.2) is 0 Å². The van der Waals surface area contributed by atoms with Crippen LogP contribution in [0.1, 0.15) is 27.7 Å². The van der Waals surface area contributed by atoms with Crippen LogP contribution in [0.5, 0.6) is 0 Å². The second-order valence-electron chi connectivity index (χ2n) is 4.78. The van der Waals surface area contributed by atoms with Crippen molar-refractivity contribution in [2.24, 2.45) is 5.41 Å². The third kappa shape index (κ3) is 5.16. The molecule has 17 heavy (non-hydrogen) atoms. The molecule has 2 N–H and O–H groups in total. The van der Waals surface area contributed by atoms with E-state index in [9.17, 15) is 18.0 Å². The molecular formula is C10H18F3NO2S. The van der Waals surface area contributed by atoms with Crippen molar-refractivity contribution in [2.45, 2.75) is 38.7 Å². The van der Waals surface area contributed by atoms with Crippen molar-refractivity contribution in [1.29, 1.82) is 0 Å². The molecular weight excluding hydrogens is 255 g/mol. The highest BCUT2D eigenvalue weighted by Crippen LogP contribution is 2.32. The van der Waals surface area contributed by atoms with Gasteiger partial charge in [0.05, 0.1) is 5.41 Å². The largest absolute Gasteiger partial charge is 0.481 e. The maximum Gasteiger partial charge on any atom is 0.441 e. The smallest absolute Gasteiger partial charge is 0.441 e. The van der Waals surface area contributed by atoms with Gasteiger partial charge in [-0.05, 0) is 39.5 Å². The number of rotatable bonds is 6. The molecule has 0 rings (SSSR count). The zero-order valence-corrected chi connectivity index (χ0v) is 11.1. The number of aliphatic carboxylic acids is 1. The molecule has 0 radical (unpaired) electrons. The molecule has 0 aromatic rings. The Kier molecular flexibility index (Phi) is 5.34. The van der Waals surface area contributed by atoms with Crippen LogP contribution in [0, 0.1) is 5.41 Å². The quantitative estimate of drug-likeness (QED) is 0.731. The molecule has 0 bridgehead atoms. The Balaban J connectivity index is 4.24. The zero-order chi connectivity index (χ0) is 13.9. The fraction of sp³-hybridized carbons (Fsp3) is 0.900. The Morgan fingerprint density at radius 2 is 1.71 bits per heavy atom. The predicted molar refractivity (Wildman–Crippen MR) is 62.0 cm³/mol.